The van der Waals surface area contributed by atoms with Gasteiger partial charge in [-0.05, 0) is 43.5 Å². The minimum absolute atomic E-state index is 0.00661. The molecule has 114 valence electrons. The first-order valence-corrected chi connectivity index (χ1v) is 7.86. The summed E-state index contributed by atoms with van der Waals surface area (Å²) < 4.78 is 0. The highest BCUT2D eigenvalue weighted by Crippen LogP contribution is 2.13. The van der Waals surface area contributed by atoms with Crippen LogP contribution in [0.4, 0.5) is 0 Å². The third-order valence-electron chi connectivity index (χ3n) is 2.78. The van der Waals surface area contributed by atoms with Gasteiger partial charge in [-0.1, -0.05) is 24.3 Å². The van der Waals surface area contributed by atoms with Crippen molar-refractivity contribution < 1.29 is 9.59 Å². The van der Waals surface area contributed by atoms with Gasteiger partial charge in [0, 0.05) is 16.5 Å². The Kier molecular flexibility index (Phi) is 5.49. The molecule has 5 heteroatoms. The van der Waals surface area contributed by atoms with E-state index in [0.29, 0.717) is 5.56 Å². The lowest BCUT2D eigenvalue weighted by atomic mass is 10.2. The van der Waals surface area contributed by atoms with Gasteiger partial charge in [0.1, 0.15) is 5.70 Å². The molecule has 4 nitrogen and oxygen atoms in total. The number of benzene rings is 1. The lowest BCUT2D eigenvalue weighted by Crippen LogP contribution is -2.38. The van der Waals surface area contributed by atoms with Crippen LogP contribution in [0.3, 0.4) is 0 Å². The zero-order chi connectivity index (χ0) is 15.9. The van der Waals surface area contributed by atoms with E-state index in [1.807, 2.05) is 37.4 Å². The second-order valence-electron chi connectivity index (χ2n) is 5.02. The van der Waals surface area contributed by atoms with Gasteiger partial charge in [-0.25, -0.2) is 0 Å². The van der Waals surface area contributed by atoms with Crippen LogP contribution in [0, 0.1) is 0 Å². The first-order chi connectivity index (χ1) is 10.6. The van der Waals surface area contributed by atoms with Crippen molar-refractivity contribution in [3.63, 3.8) is 0 Å². The molecule has 0 fully saturated rings. The average molecular weight is 314 g/mol. The standard InChI is InChI=1S/C17H18N2O2S/c1-12(2)18-17(21)15(11-14-9-6-10-22-14)19-16(20)13-7-4-3-5-8-13/h3-12H,1-2H3,(H,18,21)(H,19,20)/b15-11-. The van der Waals surface area contributed by atoms with E-state index in [1.165, 1.54) is 11.3 Å². The molecule has 1 aromatic carbocycles. The SMILES string of the molecule is CC(C)NC(=O)/C(=C/c1cccs1)NC(=O)c1ccccc1. The maximum atomic E-state index is 12.3. The molecule has 22 heavy (non-hydrogen) atoms. The summed E-state index contributed by atoms with van der Waals surface area (Å²) in [6, 6.07) is 12.6. The Balaban J connectivity index is 2.21. The Morgan fingerprint density at radius 1 is 1.09 bits per heavy atom. The van der Waals surface area contributed by atoms with Crippen LogP contribution in [0.25, 0.3) is 6.08 Å². The predicted octanol–water partition coefficient (Wildman–Crippen LogP) is 3.04. The average Bonchev–Trinajstić information content (AvgIpc) is 2.99. The predicted molar refractivity (Wildman–Crippen MR) is 89.5 cm³/mol. The Bertz CT molecular complexity index is 661. The number of nitrogens with one attached hydrogen (secondary N) is 2. The highest BCUT2D eigenvalue weighted by atomic mass is 32.1. The molecule has 0 saturated heterocycles. The Hall–Kier alpha value is -2.40. The number of hydrogen-bond acceptors (Lipinski definition) is 3. The summed E-state index contributed by atoms with van der Waals surface area (Å²) in [4.78, 5) is 25.4. The molecule has 1 heterocycles. The minimum Gasteiger partial charge on any atom is -0.349 e. The van der Waals surface area contributed by atoms with Gasteiger partial charge < -0.3 is 10.6 Å². The van der Waals surface area contributed by atoms with E-state index < -0.39 is 0 Å². The molecule has 0 saturated carbocycles. The summed E-state index contributed by atoms with van der Waals surface area (Å²) >= 11 is 1.50. The van der Waals surface area contributed by atoms with E-state index in [0.717, 1.165) is 4.88 Å². The molecular formula is C17H18N2O2S. The van der Waals surface area contributed by atoms with Crippen molar-refractivity contribution >= 4 is 29.2 Å². The first kappa shape index (κ1) is 16.0. The van der Waals surface area contributed by atoms with Gasteiger partial charge in [-0.15, -0.1) is 11.3 Å². The Morgan fingerprint density at radius 3 is 2.41 bits per heavy atom. The smallest absolute Gasteiger partial charge is 0.268 e. The van der Waals surface area contributed by atoms with Crippen LogP contribution in [0.15, 0.2) is 53.5 Å². The molecule has 0 aliphatic rings. The molecule has 0 unspecified atom stereocenters. The fourth-order valence-electron chi connectivity index (χ4n) is 1.80. The van der Waals surface area contributed by atoms with Gasteiger partial charge in [-0.2, -0.15) is 0 Å². The van der Waals surface area contributed by atoms with Crippen LogP contribution in [-0.4, -0.2) is 17.9 Å². The molecule has 2 amide bonds. The quantitative estimate of drug-likeness (QED) is 0.833. The molecular weight excluding hydrogens is 296 g/mol. The Morgan fingerprint density at radius 2 is 1.82 bits per heavy atom. The zero-order valence-electron chi connectivity index (χ0n) is 12.5. The van der Waals surface area contributed by atoms with Gasteiger partial charge in [0.25, 0.3) is 11.8 Å². The van der Waals surface area contributed by atoms with Crippen molar-refractivity contribution in [3.05, 3.63) is 64.0 Å². The van der Waals surface area contributed by atoms with E-state index in [9.17, 15) is 9.59 Å². The van der Waals surface area contributed by atoms with Gasteiger partial charge in [0.15, 0.2) is 0 Å². The van der Waals surface area contributed by atoms with Crippen molar-refractivity contribution in [2.45, 2.75) is 19.9 Å². The summed E-state index contributed by atoms with van der Waals surface area (Å²) in [6.45, 7) is 3.75. The van der Waals surface area contributed by atoms with Gasteiger partial charge >= 0.3 is 0 Å². The topological polar surface area (TPSA) is 58.2 Å². The van der Waals surface area contributed by atoms with Crippen molar-refractivity contribution in [1.82, 2.24) is 10.6 Å². The molecule has 0 aliphatic heterocycles. The van der Waals surface area contributed by atoms with Gasteiger partial charge in [-0.3, -0.25) is 9.59 Å². The number of carbonyl (C=O) groups is 2. The molecule has 0 atom stereocenters. The van der Waals surface area contributed by atoms with Crippen LogP contribution in [0.1, 0.15) is 29.1 Å². The molecule has 2 N–H and O–H groups in total. The van der Waals surface area contributed by atoms with E-state index in [-0.39, 0.29) is 23.6 Å². The second kappa shape index (κ2) is 7.56. The first-order valence-electron chi connectivity index (χ1n) is 6.98. The van der Waals surface area contributed by atoms with E-state index in [1.54, 1.807) is 30.3 Å². The van der Waals surface area contributed by atoms with Crippen LogP contribution >= 0.6 is 11.3 Å². The van der Waals surface area contributed by atoms with Crippen LogP contribution in [-0.2, 0) is 4.79 Å². The second-order valence-corrected chi connectivity index (χ2v) is 6.00. The highest BCUT2D eigenvalue weighted by Gasteiger charge is 2.15. The number of amides is 2. The summed E-state index contributed by atoms with van der Waals surface area (Å²) in [5, 5.41) is 7.41. The molecule has 0 radical (unpaired) electrons. The number of rotatable bonds is 5. The minimum atomic E-state index is -0.303. The molecule has 2 aromatic rings. The third-order valence-corrected chi connectivity index (χ3v) is 3.60. The summed E-state index contributed by atoms with van der Waals surface area (Å²) in [7, 11) is 0. The van der Waals surface area contributed by atoms with E-state index in [2.05, 4.69) is 10.6 Å². The third kappa shape index (κ3) is 4.56. The lowest BCUT2D eigenvalue weighted by molar-refractivity contribution is -0.118. The fourth-order valence-corrected chi connectivity index (χ4v) is 2.46. The maximum absolute atomic E-state index is 12.3. The van der Waals surface area contributed by atoms with Crippen LogP contribution < -0.4 is 10.6 Å². The number of thiophene rings is 1. The van der Waals surface area contributed by atoms with Crippen LogP contribution in [0.2, 0.25) is 0 Å². The largest absolute Gasteiger partial charge is 0.349 e. The van der Waals surface area contributed by atoms with Crippen molar-refractivity contribution in [1.29, 1.82) is 0 Å². The molecule has 0 bridgehead atoms. The van der Waals surface area contributed by atoms with Crippen molar-refractivity contribution in [2.24, 2.45) is 0 Å². The molecule has 0 spiro atoms. The van der Waals surface area contributed by atoms with E-state index >= 15 is 0 Å². The number of hydrogen-bond donors (Lipinski definition) is 2. The maximum Gasteiger partial charge on any atom is 0.268 e. The van der Waals surface area contributed by atoms with Crippen molar-refractivity contribution in [2.75, 3.05) is 0 Å². The van der Waals surface area contributed by atoms with Crippen molar-refractivity contribution in [3.8, 4) is 0 Å². The normalized spacial score (nSPS) is 11.3. The summed E-state index contributed by atoms with van der Waals surface area (Å²) in [5.41, 5.74) is 0.752. The lowest BCUT2D eigenvalue weighted by Gasteiger charge is -2.12. The molecule has 2 rings (SSSR count). The van der Waals surface area contributed by atoms with Crippen LogP contribution in [0.5, 0.6) is 0 Å². The molecule has 1 aromatic heterocycles. The zero-order valence-corrected chi connectivity index (χ0v) is 13.3. The summed E-state index contributed by atoms with van der Waals surface area (Å²) in [6.07, 6.45) is 1.68. The van der Waals surface area contributed by atoms with Gasteiger partial charge in [0.2, 0.25) is 0 Å². The van der Waals surface area contributed by atoms with E-state index in [4.69, 9.17) is 0 Å². The Labute approximate surface area is 133 Å². The van der Waals surface area contributed by atoms with Gasteiger partial charge in [0.05, 0.1) is 0 Å². The highest BCUT2D eigenvalue weighted by molar-refractivity contribution is 7.10. The summed E-state index contributed by atoms with van der Waals surface area (Å²) in [5.74, 6) is -0.602. The fraction of sp³-hybridized carbons (Fsp3) is 0.176. The number of carbonyl (C=O) groups excluding carboxylic acids is 2. The monoisotopic (exact) mass is 314 g/mol. The molecule has 0 aliphatic carbocycles.